The van der Waals surface area contributed by atoms with Crippen LogP contribution in [0.4, 0.5) is 0 Å². The summed E-state index contributed by atoms with van der Waals surface area (Å²) < 4.78 is 32.9. The van der Waals surface area contributed by atoms with Crippen LogP contribution in [0.3, 0.4) is 0 Å². The Bertz CT molecular complexity index is 730. The maximum absolute atomic E-state index is 12.1. The molecule has 0 atom stereocenters. The predicted octanol–water partition coefficient (Wildman–Crippen LogP) is 3.51. The van der Waals surface area contributed by atoms with Crippen molar-refractivity contribution >= 4 is 26.0 Å². The molecule has 2 aromatic carbocycles. The van der Waals surface area contributed by atoms with Gasteiger partial charge in [-0.25, -0.2) is 13.1 Å². The number of sulfonamides is 1. The van der Waals surface area contributed by atoms with Gasteiger partial charge in [0.15, 0.2) is 0 Å². The van der Waals surface area contributed by atoms with Gasteiger partial charge < -0.3 is 4.74 Å². The number of benzene rings is 2. The van der Waals surface area contributed by atoms with Crippen molar-refractivity contribution in [2.75, 3.05) is 13.7 Å². The summed E-state index contributed by atoms with van der Waals surface area (Å²) in [5.41, 5.74) is 1.91. The highest BCUT2D eigenvalue weighted by atomic mass is 79.9. The molecule has 0 unspecified atom stereocenters. The van der Waals surface area contributed by atoms with Crippen molar-refractivity contribution in [3.05, 3.63) is 64.1 Å². The second-order valence-corrected chi connectivity index (χ2v) is 7.96. The van der Waals surface area contributed by atoms with Gasteiger partial charge in [0, 0.05) is 11.0 Å². The molecule has 0 aromatic heterocycles. The van der Waals surface area contributed by atoms with Crippen LogP contribution in [0.15, 0.2) is 53.0 Å². The Morgan fingerprint density at radius 1 is 1.09 bits per heavy atom. The molecule has 0 aliphatic carbocycles. The fraction of sp³-hybridized carbons (Fsp3) is 0.294. The van der Waals surface area contributed by atoms with Crippen molar-refractivity contribution in [2.24, 2.45) is 0 Å². The molecule has 0 heterocycles. The molecule has 0 radical (unpaired) electrons. The van der Waals surface area contributed by atoms with Crippen LogP contribution in [0.5, 0.6) is 5.75 Å². The van der Waals surface area contributed by atoms with Crippen molar-refractivity contribution in [3.8, 4) is 5.75 Å². The van der Waals surface area contributed by atoms with E-state index < -0.39 is 10.0 Å². The zero-order valence-electron chi connectivity index (χ0n) is 13.0. The average molecular weight is 398 g/mol. The molecule has 6 heteroatoms. The summed E-state index contributed by atoms with van der Waals surface area (Å²) in [6.07, 6.45) is 1.55. The minimum absolute atomic E-state index is 0.000556. The molecular weight excluding hydrogens is 378 g/mol. The Hall–Kier alpha value is -1.37. The van der Waals surface area contributed by atoms with Crippen LogP contribution in [-0.2, 0) is 22.2 Å². The number of aryl methyl sites for hydroxylation is 1. The molecular formula is C17H20BrNO3S. The van der Waals surface area contributed by atoms with Crippen molar-refractivity contribution < 1.29 is 13.2 Å². The zero-order valence-corrected chi connectivity index (χ0v) is 15.4. The lowest BCUT2D eigenvalue weighted by molar-refractivity contribution is 0.414. The summed E-state index contributed by atoms with van der Waals surface area (Å²) in [5.74, 6) is 0.817. The Balaban J connectivity index is 1.79. The molecule has 0 fully saturated rings. The lowest BCUT2D eigenvalue weighted by Crippen LogP contribution is -2.26. The summed E-state index contributed by atoms with van der Waals surface area (Å²) in [7, 11) is -1.67. The molecule has 23 heavy (non-hydrogen) atoms. The summed E-state index contributed by atoms with van der Waals surface area (Å²) >= 11 is 3.33. The van der Waals surface area contributed by atoms with Gasteiger partial charge in [-0.3, -0.25) is 0 Å². The second-order valence-electron chi connectivity index (χ2n) is 5.23. The van der Waals surface area contributed by atoms with Crippen LogP contribution in [-0.4, -0.2) is 22.1 Å². The van der Waals surface area contributed by atoms with E-state index in [1.165, 1.54) is 0 Å². The zero-order chi connectivity index (χ0) is 16.7. The molecule has 0 amide bonds. The number of halogens is 1. The van der Waals surface area contributed by atoms with Gasteiger partial charge in [-0.05, 0) is 48.2 Å². The molecule has 0 bridgehead atoms. The molecule has 4 nitrogen and oxygen atoms in total. The van der Waals surface area contributed by atoms with Gasteiger partial charge in [-0.1, -0.05) is 40.2 Å². The quantitative estimate of drug-likeness (QED) is 0.693. The molecule has 0 spiro atoms. The van der Waals surface area contributed by atoms with Crippen molar-refractivity contribution in [1.29, 1.82) is 0 Å². The summed E-state index contributed by atoms with van der Waals surface area (Å²) in [6, 6.07) is 15.1. The van der Waals surface area contributed by atoms with Gasteiger partial charge in [0.2, 0.25) is 10.0 Å². The van der Waals surface area contributed by atoms with E-state index in [4.69, 9.17) is 4.74 Å². The van der Waals surface area contributed by atoms with E-state index in [0.717, 1.165) is 34.2 Å². The number of methoxy groups -OCH3 is 1. The first-order valence-electron chi connectivity index (χ1n) is 7.33. The maximum Gasteiger partial charge on any atom is 0.215 e. The van der Waals surface area contributed by atoms with Gasteiger partial charge >= 0.3 is 0 Å². The average Bonchev–Trinajstić information content (AvgIpc) is 2.54. The number of hydrogen-bond acceptors (Lipinski definition) is 3. The van der Waals surface area contributed by atoms with E-state index in [-0.39, 0.29) is 5.75 Å². The number of hydrogen-bond donors (Lipinski definition) is 1. The lowest BCUT2D eigenvalue weighted by atomic mass is 10.1. The molecule has 2 aromatic rings. The summed E-state index contributed by atoms with van der Waals surface area (Å²) in [5, 5.41) is 0. The fourth-order valence-corrected chi connectivity index (χ4v) is 3.65. The third-order valence-electron chi connectivity index (χ3n) is 3.37. The van der Waals surface area contributed by atoms with Gasteiger partial charge in [0.05, 0.1) is 12.9 Å². The molecule has 2 rings (SSSR count). The van der Waals surface area contributed by atoms with Crippen molar-refractivity contribution in [1.82, 2.24) is 4.72 Å². The molecule has 1 N–H and O–H groups in total. The van der Waals surface area contributed by atoms with Crippen molar-refractivity contribution in [2.45, 2.75) is 18.6 Å². The minimum atomic E-state index is -3.30. The minimum Gasteiger partial charge on any atom is -0.497 e. The van der Waals surface area contributed by atoms with E-state index >= 15 is 0 Å². The highest BCUT2D eigenvalue weighted by Crippen LogP contribution is 2.14. The van der Waals surface area contributed by atoms with Gasteiger partial charge in [0.1, 0.15) is 5.75 Å². The van der Waals surface area contributed by atoms with Gasteiger partial charge in [0.25, 0.3) is 0 Å². The lowest BCUT2D eigenvalue weighted by Gasteiger charge is -2.08. The van der Waals surface area contributed by atoms with Crippen LogP contribution in [0.1, 0.15) is 17.5 Å². The third kappa shape index (κ3) is 6.33. The number of rotatable bonds is 8. The van der Waals surface area contributed by atoms with Gasteiger partial charge in [-0.2, -0.15) is 0 Å². The van der Waals surface area contributed by atoms with Crippen LogP contribution in [0.25, 0.3) is 0 Å². The standard InChI is InChI=1S/C17H20BrNO3S/c1-22-17-6-2-4-14(12-17)5-3-11-19-23(20,21)13-15-7-9-16(18)10-8-15/h2,4,6-10,12,19H,3,5,11,13H2,1H3. The van der Waals surface area contributed by atoms with E-state index in [1.807, 2.05) is 36.4 Å². The second kappa shape index (κ2) is 8.47. The number of ether oxygens (including phenoxy) is 1. The highest BCUT2D eigenvalue weighted by Gasteiger charge is 2.10. The summed E-state index contributed by atoms with van der Waals surface area (Å²) in [4.78, 5) is 0. The third-order valence-corrected chi connectivity index (χ3v) is 5.25. The maximum atomic E-state index is 12.1. The first-order valence-corrected chi connectivity index (χ1v) is 9.78. The molecule has 0 aliphatic heterocycles. The van der Waals surface area contributed by atoms with Gasteiger partial charge in [-0.15, -0.1) is 0 Å². The highest BCUT2D eigenvalue weighted by molar-refractivity contribution is 9.10. The Morgan fingerprint density at radius 3 is 2.52 bits per heavy atom. The Kier molecular flexibility index (Phi) is 6.62. The molecule has 0 saturated carbocycles. The normalized spacial score (nSPS) is 11.4. The predicted molar refractivity (Wildman–Crippen MR) is 96.1 cm³/mol. The first-order chi connectivity index (χ1) is 11.0. The van der Waals surface area contributed by atoms with E-state index in [0.29, 0.717) is 6.54 Å². The summed E-state index contributed by atoms with van der Waals surface area (Å²) in [6.45, 7) is 0.427. The smallest absolute Gasteiger partial charge is 0.215 e. The monoisotopic (exact) mass is 397 g/mol. The molecule has 124 valence electrons. The largest absolute Gasteiger partial charge is 0.497 e. The SMILES string of the molecule is COc1cccc(CCCNS(=O)(=O)Cc2ccc(Br)cc2)c1. The fourth-order valence-electron chi connectivity index (χ4n) is 2.20. The van der Waals surface area contributed by atoms with Crippen LogP contribution in [0, 0.1) is 0 Å². The molecule has 0 saturated heterocycles. The van der Waals surface area contributed by atoms with Crippen LogP contribution >= 0.6 is 15.9 Å². The van der Waals surface area contributed by atoms with E-state index in [1.54, 1.807) is 19.2 Å². The van der Waals surface area contributed by atoms with Crippen molar-refractivity contribution in [3.63, 3.8) is 0 Å². The van der Waals surface area contributed by atoms with E-state index in [9.17, 15) is 8.42 Å². The van der Waals surface area contributed by atoms with Crippen LogP contribution < -0.4 is 9.46 Å². The van der Waals surface area contributed by atoms with E-state index in [2.05, 4.69) is 20.7 Å². The molecule has 0 aliphatic rings. The number of nitrogens with one attached hydrogen (secondary N) is 1. The van der Waals surface area contributed by atoms with Crippen LogP contribution in [0.2, 0.25) is 0 Å². The topological polar surface area (TPSA) is 55.4 Å². The Labute approximate surface area is 146 Å². The first kappa shape index (κ1) is 18.0. The Morgan fingerprint density at radius 2 is 1.83 bits per heavy atom.